The third-order valence-electron chi connectivity index (χ3n) is 3.52. The molecular weight excluding hydrogens is 352 g/mol. The van der Waals surface area contributed by atoms with Crippen LogP contribution in [-0.2, 0) is 10.1 Å². The van der Waals surface area contributed by atoms with Crippen LogP contribution in [0.15, 0.2) is 51.7 Å². The standard InChI is InChI=1S/C17H13ClO5S/c1-10-14-9-13(23-24(2,20)21)7-8-15(14)22-17(19)16(10)11-3-5-12(18)6-4-11/h3-9H,1-2H3. The minimum absolute atomic E-state index is 0.156. The molecule has 2 aromatic carbocycles. The van der Waals surface area contributed by atoms with Gasteiger partial charge in [0.15, 0.2) is 0 Å². The topological polar surface area (TPSA) is 73.6 Å². The van der Waals surface area contributed by atoms with Crippen molar-refractivity contribution in [2.45, 2.75) is 6.92 Å². The van der Waals surface area contributed by atoms with Crippen LogP contribution < -0.4 is 9.81 Å². The van der Waals surface area contributed by atoms with Crippen molar-refractivity contribution in [3.63, 3.8) is 0 Å². The number of hydrogen-bond acceptors (Lipinski definition) is 5. The molecule has 0 atom stereocenters. The maximum absolute atomic E-state index is 12.3. The Morgan fingerprint density at radius 3 is 2.38 bits per heavy atom. The Hall–Kier alpha value is -2.31. The number of aryl methyl sites for hydroxylation is 1. The molecule has 124 valence electrons. The fourth-order valence-electron chi connectivity index (χ4n) is 2.51. The summed E-state index contributed by atoms with van der Waals surface area (Å²) in [6.45, 7) is 1.77. The Morgan fingerprint density at radius 1 is 1.08 bits per heavy atom. The molecule has 0 aliphatic rings. The van der Waals surface area contributed by atoms with Crippen LogP contribution >= 0.6 is 11.6 Å². The summed E-state index contributed by atoms with van der Waals surface area (Å²) in [5, 5.41) is 1.16. The predicted octanol–water partition coefficient (Wildman–Crippen LogP) is 3.76. The molecule has 0 saturated heterocycles. The highest BCUT2D eigenvalue weighted by Crippen LogP contribution is 2.30. The van der Waals surface area contributed by atoms with Gasteiger partial charge < -0.3 is 8.60 Å². The molecule has 0 unspecified atom stereocenters. The van der Waals surface area contributed by atoms with Crippen molar-refractivity contribution in [2.24, 2.45) is 0 Å². The Bertz CT molecular complexity index is 1080. The van der Waals surface area contributed by atoms with Crippen LogP contribution in [0.25, 0.3) is 22.1 Å². The average Bonchev–Trinajstić information content (AvgIpc) is 2.48. The Kier molecular flexibility index (Phi) is 4.11. The zero-order chi connectivity index (χ0) is 17.5. The second kappa shape index (κ2) is 5.96. The van der Waals surface area contributed by atoms with Gasteiger partial charge in [-0.15, -0.1) is 0 Å². The van der Waals surface area contributed by atoms with E-state index in [1.165, 1.54) is 18.2 Å². The Labute approximate surface area is 143 Å². The van der Waals surface area contributed by atoms with E-state index in [2.05, 4.69) is 0 Å². The van der Waals surface area contributed by atoms with Crippen LogP contribution in [0.5, 0.6) is 5.75 Å². The van der Waals surface area contributed by atoms with E-state index in [9.17, 15) is 13.2 Å². The first-order valence-corrected chi connectivity index (χ1v) is 9.17. The van der Waals surface area contributed by atoms with E-state index in [-0.39, 0.29) is 5.75 Å². The average molecular weight is 365 g/mol. The van der Waals surface area contributed by atoms with Gasteiger partial charge in [0.25, 0.3) is 0 Å². The lowest BCUT2D eigenvalue weighted by molar-refractivity contribution is 0.492. The quantitative estimate of drug-likeness (QED) is 0.522. The van der Waals surface area contributed by atoms with Crippen molar-refractivity contribution in [3.05, 3.63) is 63.5 Å². The van der Waals surface area contributed by atoms with Crippen LogP contribution in [-0.4, -0.2) is 14.7 Å². The second-order valence-corrected chi connectivity index (χ2v) is 7.35. The number of hydrogen-bond donors (Lipinski definition) is 0. The lowest BCUT2D eigenvalue weighted by Gasteiger charge is -2.09. The molecule has 0 spiro atoms. The van der Waals surface area contributed by atoms with Crippen molar-refractivity contribution in [2.75, 3.05) is 6.26 Å². The molecule has 0 radical (unpaired) electrons. The van der Waals surface area contributed by atoms with E-state index in [0.29, 0.717) is 32.7 Å². The molecule has 1 aromatic heterocycles. The van der Waals surface area contributed by atoms with Crippen molar-refractivity contribution in [3.8, 4) is 16.9 Å². The summed E-state index contributed by atoms with van der Waals surface area (Å²) < 4.78 is 32.8. The third kappa shape index (κ3) is 3.29. The number of fused-ring (bicyclic) bond motifs is 1. The molecule has 1 heterocycles. The molecule has 3 rings (SSSR count). The van der Waals surface area contributed by atoms with Gasteiger partial charge in [-0.25, -0.2) is 4.79 Å². The van der Waals surface area contributed by atoms with Crippen LogP contribution in [0.2, 0.25) is 5.02 Å². The van der Waals surface area contributed by atoms with E-state index in [0.717, 1.165) is 6.26 Å². The maximum Gasteiger partial charge on any atom is 0.344 e. The molecule has 3 aromatic rings. The molecule has 0 saturated carbocycles. The highest BCUT2D eigenvalue weighted by Gasteiger charge is 2.15. The summed E-state index contributed by atoms with van der Waals surface area (Å²) in [7, 11) is -3.64. The fourth-order valence-corrected chi connectivity index (χ4v) is 3.09. The lowest BCUT2D eigenvalue weighted by Crippen LogP contribution is -2.07. The number of benzene rings is 2. The zero-order valence-corrected chi connectivity index (χ0v) is 14.4. The summed E-state index contributed by atoms with van der Waals surface area (Å²) in [6.07, 6.45) is 0.967. The monoisotopic (exact) mass is 364 g/mol. The first-order chi connectivity index (χ1) is 11.2. The van der Waals surface area contributed by atoms with Crippen molar-refractivity contribution >= 4 is 32.7 Å². The normalized spacial score (nSPS) is 11.6. The molecule has 0 bridgehead atoms. The van der Waals surface area contributed by atoms with Crippen LogP contribution in [0, 0.1) is 6.92 Å². The van der Waals surface area contributed by atoms with Crippen LogP contribution in [0.3, 0.4) is 0 Å². The minimum atomic E-state index is -3.64. The van der Waals surface area contributed by atoms with Crippen molar-refractivity contribution < 1.29 is 17.0 Å². The minimum Gasteiger partial charge on any atom is -0.422 e. The van der Waals surface area contributed by atoms with E-state index in [1.54, 1.807) is 31.2 Å². The maximum atomic E-state index is 12.3. The highest BCUT2D eigenvalue weighted by molar-refractivity contribution is 7.86. The summed E-state index contributed by atoms with van der Waals surface area (Å²) in [4.78, 5) is 12.3. The predicted molar refractivity (Wildman–Crippen MR) is 93.1 cm³/mol. The summed E-state index contributed by atoms with van der Waals surface area (Å²) in [5.41, 5.74) is 1.62. The van der Waals surface area contributed by atoms with Gasteiger partial charge in [-0.3, -0.25) is 0 Å². The zero-order valence-electron chi connectivity index (χ0n) is 12.9. The molecule has 7 heteroatoms. The van der Waals surface area contributed by atoms with Crippen LogP contribution in [0.4, 0.5) is 0 Å². The van der Waals surface area contributed by atoms with E-state index in [1.807, 2.05) is 0 Å². The Morgan fingerprint density at radius 2 is 1.75 bits per heavy atom. The van der Waals surface area contributed by atoms with Gasteiger partial charge in [0.2, 0.25) is 0 Å². The third-order valence-corrected chi connectivity index (χ3v) is 4.26. The van der Waals surface area contributed by atoms with Crippen LogP contribution in [0.1, 0.15) is 5.56 Å². The molecule has 24 heavy (non-hydrogen) atoms. The molecular formula is C17H13ClO5S. The summed E-state index contributed by atoms with van der Waals surface area (Å²) in [6, 6.07) is 11.3. The first kappa shape index (κ1) is 16.5. The summed E-state index contributed by atoms with van der Waals surface area (Å²) >= 11 is 5.88. The fraction of sp³-hybridized carbons (Fsp3) is 0.118. The van der Waals surface area contributed by atoms with E-state index < -0.39 is 15.7 Å². The summed E-state index contributed by atoms with van der Waals surface area (Å²) in [5.74, 6) is 0.156. The second-order valence-electron chi connectivity index (χ2n) is 5.34. The van der Waals surface area contributed by atoms with Gasteiger partial charge in [0, 0.05) is 10.4 Å². The van der Waals surface area contributed by atoms with E-state index in [4.69, 9.17) is 20.2 Å². The number of halogens is 1. The van der Waals surface area contributed by atoms with Gasteiger partial charge in [-0.2, -0.15) is 8.42 Å². The number of rotatable bonds is 3. The van der Waals surface area contributed by atoms with Crippen molar-refractivity contribution in [1.29, 1.82) is 0 Å². The molecule has 0 N–H and O–H groups in total. The largest absolute Gasteiger partial charge is 0.422 e. The van der Waals surface area contributed by atoms with Gasteiger partial charge in [-0.05, 0) is 48.4 Å². The van der Waals surface area contributed by atoms with Gasteiger partial charge in [-0.1, -0.05) is 23.7 Å². The molecule has 5 nitrogen and oxygen atoms in total. The molecule has 0 aliphatic carbocycles. The molecule has 0 fully saturated rings. The van der Waals surface area contributed by atoms with Gasteiger partial charge >= 0.3 is 15.7 Å². The SMILES string of the molecule is Cc1c(-c2ccc(Cl)cc2)c(=O)oc2ccc(OS(C)(=O)=O)cc12. The first-order valence-electron chi connectivity index (χ1n) is 6.97. The highest BCUT2D eigenvalue weighted by atomic mass is 35.5. The van der Waals surface area contributed by atoms with Crippen molar-refractivity contribution in [1.82, 2.24) is 0 Å². The Balaban J connectivity index is 2.24. The molecule has 0 aliphatic heterocycles. The van der Waals surface area contributed by atoms with E-state index >= 15 is 0 Å². The van der Waals surface area contributed by atoms with Gasteiger partial charge in [0.1, 0.15) is 11.3 Å². The molecule has 0 amide bonds. The lowest BCUT2D eigenvalue weighted by atomic mass is 9.99. The van der Waals surface area contributed by atoms with Gasteiger partial charge in [0.05, 0.1) is 11.8 Å². The smallest absolute Gasteiger partial charge is 0.344 e.